The summed E-state index contributed by atoms with van der Waals surface area (Å²) in [6, 6.07) is -0.864. The van der Waals surface area contributed by atoms with Crippen LogP contribution in [0.3, 0.4) is 0 Å². The van der Waals surface area contributed by atoms with Gasteiger partial charge in [-0.05, 0) is 0 Å². The lowest BCUT2D eigenvalue weighted by Crippen LogP contribution is -2.35. The van der Waals surface area contributed by atoms with Gasteiger partial charge in [0.15, 0.2) is 0 Å². The van der Waals surface area contributed by atoms with Crippen molar-refractivity contribution in [2.75, 3.05) is 25.6 Å². The normalized spacial score (nSPS) is 20.4. The van der Waals surface area contributed by atoms with Gasteiger partial charge in [-0.3, -0.25) is 14.8 Å². The summed E-state index contributed by atoms with van der Waals surface area (Å²) in [7, 11) is 1.58. The summed E-state index contributed by atoms with van der Waals surface area (Å²) in [4.78, 5) is 11.8. The van der Waals surface area contributed by atoms with E-state index in [1.165, 1.54) is 6.20 Å². The SMILES string of the molecule is COCCn1cc(NC(=O)C2CC(F)(F)CN2)cn1.Cl. The number of ether oxygens (including phenoxy) is 1. The Bertz CT molecular complexity index is 455. The van der Waals surface area contributed by atoms with Crippen LogP contribution >= 0.6 is 12.4 Å². The zero-order chi connectivity index (χ0) is 13.9. The van der Waals surface area contributed by atoms with Crippen LogP contribution in [-0.2, 0) is 16.1 Å². The monoisotopic (exact) mass is 310 g/mol. The highest BCUT2D eigenvalue weighted by Gasteiger charge is 2.42. The molecule has 1 aliphatic rings. The summed E-state index contributed by atoms with van der Waals surface area (Å²) in [5.41, 5.74) is 0.484. The zero-order valence-electron chi connectivity index (χ0n) is 10.9. The molecule has 20 heavy (non-hydrogen) atoms. The molecule has 2 N–H and O–H groups in total. The first kappa shape index (κ1) is 16.8. The molecule has 1 unspecified atom stereocenters. The molecule has 1 fully saturated rings. The first-order chi connectivity index (χ1) is 9.00. The van der Waals surface area contributed by atoms with Crippen LogP contribution in [0.25, 0.3) is 0 Å². The molecule has 0 spiro atoms. The minimum absolute atomic E-state index is 0. The first-order valence-electron chi connectivity index (χ1n) is 5.94. The number of nitrogens with one attached hydrogen (secondary N) is 2. The Kier molecular flexibility index (Phi) is 5.85. The zero-order valence-corrected chi connectivity index (χ0v) is 11.8. The molecule has 0 saturated carbocycles. The van der Waals surface area contributed by atoms with Crippen LogP contribution in [0.15, 0.2) is 12.4 Å². The summed E-state index contributed by atoms with van der Waals surface area (Å²) in [5.74, 6) is -3.28. The van der Waals surface area contributed by atoms with Crippen LogP contribution < -0.4 is 10.6 Å². The van der Waals surface area contributed by atoms with Crippen molar-refractivity contribution >= 4 is 24.0 Å². The first-order valence-corrected chi connectivity index (χ1v) is 5.94. The topological polar surface area (TPSA) is 68.2 Å². The number of hydrogen-bond donors (Lipinski definition) is 2. The Hall–Kier alpha value is -1.25. The second-order valence-corrected chi connectivity index (χ2v) is 4.47. The smallest absolute Gasteiger partial charge is 0.262 e. The van der Waals surface area contributed by atoms with E-state index in [9.17, 15) is 13.6 Å². The van der Waals surface area contributed by atoms with Crippen molar-refractivity contribution in [2.45, 2.75) is 24.9 Å². The Morgan fingerprint density at radius 2 is 2.45 bits per heavy atom. The molecule has 114 valence electrons. The number of rotatable bonds is 5. The van der Waals surface area contributed by atoms with E-state index in [4.69, 9.17) is 4.74 Å². The average molecular weight is 311 g/mol. The molecule has 1 aliphatic heterocycles. The van der Waals surface area contributed by atoms with E-state index in [-0.39, 0.29) is 12.4 Å². The summed E-state index contributed by atoms with van der Waals surface area (Å²) < 4.78 is 32.4. The summed E-state index contributed by atoms with van der Waals surface area (Å²) >= 11 is 0. The van der Waals surface area contributed by atoms with Gasteiger partial charge in [0.05, 0.1) is 37.6 Å². The molecule has 0 aliphatic carbocycles. The van der Waals surface area contributed by atoms with E-state index in [0.29, 0.717) is 18.8 Å². The number of nitrogens with zero attached hydrogens (tertiary/aromatic N) is 2. The van der Waals surface area contributed by atoms with Crippen LogP contribution in [0.2, 0.25) is 0 Å². The predicted octanol–water partition coefficient (Wildman–Crippen LogP) is 0.887. The Labute approximate surface area is 121 Å². The molecule has 1 atom stereocenters. The lowest BCUT2D eigenvalue weighted by Gasteiger charge is -2.09. The van der Waals surface area contributed by atoms with Crippen molar-refractivity contribution in [3.05, 3.63) is 12.4 Å². The number of hydrogen-bond acceptors (Lipinski definition) is 4. The highest BCUT2D eigenvalue weighted by atomic mass is 35.5. The van der Waals surface area contributed by atoms with Crippen LogP contribution in [0.1, 0.15) is 6.42 Å². The van der Waals surface area contributed by atoms with Gasteiger partial charge in [0.2, 0.25) is 5.91 Å². The molecule has 1 aromatic rings. The summed E-state index contributed by atoms with van der Waals surface area (Å²) in [6.45, 7) is 0.607. The maximum atomic E-state index is 13.0. The quantitative estimate of drug-likeness (QED) is 0.847. The van der Waals surface area contributed by atoms with E-state index >= 15 is 0 Å². The molecule has 0 radical (unpaired) electrons. The largest absolute Gasteiger partial charge is 0.383 e. The Morgan fingerprint density at radius 3 is 3.05 bits per heavy atom. The van der Waals surface area contributed by atoms with Crippen molar-refractivity contribution in [3.63, 3.8) is 0 Å². The van der Waals surface area contributed by atoms with Gasteiger partial charge in [0, 0.05) is 19.7 Å². The second-order valence-electron chi connectivity index (χ2n) is 4.47. The van der Waals surface area contributed by atoms with Gasteiger partial charge < -0.3 is 10.1 Å². The maximum absolute atomic E-state index is 13.0. The van der Waals surface area contributed by atoms with Crippen molar-refractivity contribution in [1.29, 1.82) is 0 Å². The highest BCUT2D eigenvalue weighted by Crippen LogP contribution is 2.25. The lowest BCUT2D eigenvalue weighted by atomic mass is 10.2. The second kappa shape index (κ2) is 6.96. The molecule has 1 amide bonds. The van der Waals surface area contributed by atoms with Gasteiger partial charge in [-0.1, -0.05) is 0 Å². The number of carbonyl (C=O) groups is 1. The van der Waals surface area contributed by atoms with Crippen molar-refractivity contribution < 1.29 is 18.3 Å². The number of aromatic nitrogens is 2. The standard InChI is InChI=1S/C11H16F2N4O2.ClH/c1-19-3-2-17-6-8(5-15-17)16-10(18)9-4-11(12,13)7-14-9;/h5-6,9,14H,2-4,7H2,1H3,(H,16,18);1H. The average Bonchev–Trinajstić information content (AvgIpc) is 2.93. The number of amides is 1. The van der Waals surface area contributed by atoms with E-state index in [0.717, 1.165) is 0 Å². The van der Waals surface area contributed by atoms with E-state index in [1.807, 2.05) is 0 Å². The minimum atomic E-state index is -2.81. The fraction of sp³-hybridized carbons (Fsp3) is 0.636. The molecular weight excluding hydrogens is 294 g/mol. The van der Waals surface area contributed by atoms with Gasteiger partial charge in [-0.2, -0.15) is 5.10 Å². The fourth-order valence-electron chi connectivity index (χ4n) is 1.87. The minimum Gasteiger partial charge on any atom is -0.383 e. The third kappa shape index (κ3) is 4.39. The molecule has 9 heteroatoms. The van der Waals surface area contributed by atoms with E-state index in [1.54, 1.807) is 18.0 Å². The van der Waals surface area contributed by atoms with E-state index < -0.39 is 30.8 Å². The number of halogens is 3. The molecular formula is C11H17ClF2N4O2. The Morgan fingerprint density at radius 1 is 1.70 bits per heavy atom. The lowest BCUT2D eigenvalue weighted by molar-refractivity contribution is -0.118. The van der Waals surface area contributed by atoms with Crippen LogP contribution in [0.4, 0.5) is 14.5 Å². The Balaban J connectivity index is 0.00000200. The molecule has 2 rings (SSSR count). The molecule has 0 bridgehead atoms. The molecule has 1 aromatic heterocycles. The van der Waals surface area contributed by atoms with E-state index in [2.05, 4.69) is 15.7 Å². The van der Waals surface area contributed by atoms with Crippen molar-refractivity contribution in [1.82, 2.24) is 15.1 Å². The summed E-state index contributed by atoms with van der Waals surface area (Å²) in [5, 5.41) is 9.07. The molecule has 6 nitrogen and oxygen atoms in total. The molecule has 0 aromatic carbocycles. The van der Waals surface area contributed by atoms with Crippen LogP contribution in [0, 0.1) is 0 Å². The van der Waals surface area contributed by atoms with Gasteiger partial charge in [0.1, 0.15) is 0 Å². The van der Waals surface area contributed by atoms with Crippen molar-refractivity contribution in [3.8, 4) is 0 Å². The van der Waals surface area contributed by atoms with Crippen molar-refractivity contribution in [2.24, 2.45) is 0 Å². The summed E-state index contributed by atoms with van der Waals surface area (Å²) in [6.07, 6.45) is 2.63. The fourth-order valence-corrected chi connectivity index (χ4v) is 1.87. The number of alkyl halides is 2. The third-order valence-corrected chi connectivity index (χ3v) is 2.85. The van der Waals surface area contributed by atoms with Gasteiger partial charge in [-0.25, -0.2) is 8.78 Å². The van der Waals surface area contributed by atoms with Gasteiger partial charge in [0.25, 0.3) is 5.92 Å². The van der Waals surface area contributed by atoms with Gasteiger partial charge >= 0.3 is 0 Å². The number of methoxy groups -OCH3 is 1. The van der Waals surface area contributed by atoms with Crippen LogP contribution in [0.5, 0.6) is 0 Å². The van der Waals surface area contributed by atoms with Crippen LogP contribution in [-0.4, -0.2) is 47.9 Å². The number of anilines is 1. The van der Waals surface area contributed by atoms with Gasteiger partial charge in [-0.15, -0.1) is 12.4 Å². The number of carbonyl (C=O) groups excluding carboxylic acids is 1. The molecule has 1 saturated heterocycles. The molecule has 2 heterocycles. The highest BCUT2D eigenvalue weighted by molar-refractivity contribution is 5.94. The predicted molar refractivity (Wildman–Crippen MR) is 71.3 cm³/mol. The third-order valence-electron chi connectivity index (χ3n) is 2.85. The maximum Gasteiger partial charge on any atom is 0.262 e.